The molecule has 2 fully saturated rings. The van der Waals surface area contributed by atoms with E-state index in [1.54, 1.807) is 9.80 Å². The van der Waals surface area contributed by atoms with Crippen molar-refractivity contribution in [1.82, 2.24) is 30.7 Å². The van der Waals surface area contributed by atoms with Crippen LogP contribution in [0.15, 0.2) is 146 Å². The lowest BCUT2D eigenvalue weighted by molar-refractivity contribution is -0.142. The molecule has 26 nitrogen and oxygen atoms in total. The van der Waals surface area contributed by atoms with E-state index in [4.69, 9.17) is 49.2 Å². The predicted molar refractivity (Wildman–Crippen MR) is 474 cm³/mol. The average molecular weight is 1720 g/mol. The van der Waals surface area contributed by atoms with Gasteiger partial charge in [0.1, 0.15) is 31.9 Å². The van der Waals surface area contributed by atoms with Crippen LogP contribution in [0.4, 0.5) is 14.4 Å². The number of benzene rings is 6. The number of nitrogens with one attached hydrogen (secondary N) is 3. The van der Waals surface area contributed by atoms with Crippen LogP contribution in [0.25, 0.3) is 33.4 Å². The molecule has 0 saturated carbocycles. The lowest BCUT2D eigenvalue weighted by atomic mass is 9.98. The number of aliphatic carboxylic acids is 6. The van der Waals surface area contributed by atoms with Crippen molar-refractivity contribution in [3.05, 3.63) is 179 Å². The summed E-state index contributed by atoms with van der Waals surface area (Å²) >= 11 is 0. The van der Waals surface area contributed by atoms with E-state index in [-0.39, 0.29) is 183 Å². The Morgan fingerprint density at radius 1 is 0.424 bits per heavy atom. The molecule has 5 aliphatic rings. The predicted octanol–water partition coefficient (Wildman–Crippen LogP) is 17.6. The number of ether oxygens (including phenoxy) is 5. The molecule has 11 rings (SSSR count). The summed E-state index contributed by atoms with van der Waals surface area (Å²) in [5.74, 6) is -5.01. The summed E-state index contributed by atoms with van der Waals surface area (Å²) in [6.45, 7) is 18.8. The third kappa shape index (κ3) is 35.7. The van der Waals surface area contributed by atoms with Crippen molar-refractivity contribution >= 4 is 91.3 Å². The molecule has 0 bridgehead atoms. The van der Waals surface area contributed by atoms with Gasteiger partial charge in [-0.25, -0.2) is 19.2 Å². The van der Waals surface area contributed by atoms with Gasteiger partial charge in [0, 0.05) is 95.8 Å². The topological polar surface area (TPSA) is 367 Å². The highest BCUT2D eigenvalue weighted by Gasteiger charge is 2.42. The molecule has 0 aromatic heterocycles. The maximum Gasteiger partial charge on any atom is 0.410 e. The van der Waals surface area contributed by atoms with Crippen LogP contribution < -0.4 is 16.0 Å². The molecule has 2 aliphatic heterocycles. The minimum atomic E-state index is -1.03. The standard InChI is InChI=1S/C22H23NO5.C22H25NO4.C21H23NO4.C7H13NO3.C6H13NO2.C5H11NO2.6CH4.3ClH/c1-2-27-14-11-20(21(24)25)23(12-14)22(26)28-13-19-17-9-5-3-7-15(17)16-8-4-6-10-18(16)19;1-2-13-23(14-7-12-21(24)25)22(26)27-15-20-18-10-5-3-8-16(18)17-9-4-6-11-19(17)20;1-2-22(13-7-12-20(23)24)21(25)26-14-19-17-10-5-3-8-15(17)16-9-4-6-11-18(16)19;1-2-11-5-3-6(7(9)10)8-4-5;1-2-7-5-3-4-6(8)9;1-2-3-6-4-5(7)8;;;;;;;;;/h3-10,14,19-20H,2,11-13H2,1H3,(H,24,25);3-6,8-11,20H,2,7,12-15H2,1H3,(H,24,25);3-6,8-11,19H,2,7,12-14H2,1H3,(H,23,24);5-6,8H,2-4H2,1H3,(H,9,10);7H,2-5H2,1H3,(H,8,9);6H,2-4H2,1H3,(H,7,8);6*1H4;3*1H/t14-,20+;;;5-,6+;;;;;;;;;;;/m1..1.........../s1. The number of hydrogen-bond donors (Lipinski definition) is 9. The van der Waals surface area contributed by atoms with Gasteiger partial charge in [-0.2, -0.15) is 0 Å². The van der Waals surface area contributed by atoms with Crippen LogP contribution in [0.2, 0.25) is 0 Å². The second kappa shape index (κ2) is 61.9. The quantitative estimate of drug-likeness (QED) is 0.0140. The van der Waals surface area contributed by atoms with Crippen LogP contribution in [0.5, 0.6) is 0 Å². The number of likely N-dealkylation sites (tertiary alicyclic amines) is 1. The van der Waals surface area contributed by atoms with Gasteiger partial charge in [-0.15, -0.1) is 37.2 Å². The summed E-state index contributed by atoms with van der Waals surface area (Å²) < 4.78 is 27.6. The zero-order valence-electron chi connectivity index (χ0n) is 64.5. The Labute approximate surface area is 718 Å². The molecule has 6 aromatic rings. The van der Waals surface area contributed by atoms with Gasteiger partial charge in [-0.05, 0) is 139 Å². The molecule has 4 atom stereocenters. The van der Waals surface area contributed by atoms with Crippen LogP contribution in [0, 0.1) is 0 Å². The highest BCUT2D eigenvalue weighted by atomic mass is 35.5. The minimum Gasteiger partial charge on any atom is -0.481 e. The fraction of sp³-hybridized carbons (Fsp3) is 0.494. The first-order valence-corrected chi connectivity index (χ1v) is 37.6. The summed E-state index contributed by atoms with van der Waals surface area (Å²) in [7, 11) is 0. The normalized spacial score (nSPS) is 14.6. The molecule has 0 radical (unpaired) electrons. The zero-order chi connectivity index (χ0) is 79.2. The maximum absolute atomic E-state index is 12.7. The molecule has 6 aromatic carbocycles. The van der Waals surface area contributed by atoms with Gasteiger partial charge in [0.25, 0.3) is 0 Å². The Morgan fingerprint density at radius 3 is 1.12 bits per heavy atom. The van der Waals surface area contributed by atoms with Gasteiger partial charge in [-0.1, -0.05) is 211 Å². The Morgan fingerprint density at radius 2 is 0.788 bits per heavy atom. The molecule has 2 saturated heterocycles. The molecular formula is C89H135Cl3N6O20. The molecule has 2 heterocycles. The van der Waals surface area contributed by atoms with E-state index in [0.717, 1.165) is 61.2 Å². The first-order chi connectivity index (χ1) is 52.6. The van der Waals surface area contributed by atoms with Gasteiger partial charge in [-0.3, -0.25) is 28.9 Å². The number of carbonyl (C=O) groups excluding carboxylic acids is 3. The second-order valence-corrected chi connectivity index (χ2v) is 26.3. The Kier molecular flexibility index (Phi) is 60.3. The number of carbonyl (C=O) groups is 9. The summed E-state index contributed by atoms with van der Waals surface area (Å²) in [6, 6.07) is 47.7. The molecule has 0 spiro atoms. The van der Waals surface area contributed by atoms with Crippen molar-refractivity contribution in [3.63, 3.8) is 0 Å². The highest BCUT2D eigenvalue weighted by molar-refractivity contribution is 5.86. The summed E-state index contributed by atoms with van der Waals surface area (Å²) in [5, 5.41) is 60.5. The molecule has 118 heavy (non-hydrogen) atoms. The van der Waals surface area contributed by atoms with Crippen molar-refractivity contribution in [2.75, 3.05) is 98.5 Å². The Hall–Kier alpha value is -9.38. The molecule has 3 amide bonds. The summed E-state index contributed by atoms with van der Waals surface area (Å²) in [4.78, 5) is 105. The first kappa shape index (κ1) is 115. The number of carboxylic acid groups (broad SMARTS) is 6. The lowest BCUT2D eigenvalue weighted by Gasteiger charge is -2.23. The third-order valence-electron chi connectivity index (χ3n) is 18.7. The number of halogens is 3. The molecule has 9 N–H and O–H groups in total. The number of carboxylic acids is 6. The van der Waals surface area contributed by atoms with E-state index in [0.29, 0.717) is 65.2 Å². The van der Waals surface area contributed by atoms with Gasteiger partial charge in [0.2, 0.25) is 0 Å². The van der Waals surface area contributed by atoms with E-state index < -0.39 is 54.0 Å². The highest BCUT2D eigenvalue weighted by Crippen LogP contribution is 2.47. The molecule has 29 heteroatoms. The van der Waals surface area contributed by atoms with Gasteiger partial charge < -0.3 is 80.1 Å². The van der Waals surface area contributed by atoms with E-state index in [1.165, 1.54) is 49.4 Å². The molecule has 0 unspecified atom stereocenters. The second-order valence-electron chi connectivity index (χ2n) is 26.3. The molecular weight excluding hydrogens is 1580 g/mol. The fourth-order valence-corrected chi connectivity index (χ4v) is 13.6. The number of hydrogen-bond acceptors (Lipinski definition) is 17. The fourth-order valence-electron chi connectivity index (χ4n) is 13.6. The van der Waals surface area contributed by atoms with E-state index >= 15 is 0 Å². The summed E-state index contributed by atoms with van der Waals surface area (Å²) in [6.07, 6.45) is 3.06. The smallest absolute Gasteiger partial charge is 0.410 e. The van der Waals surface area contributed by atoms with Crippen molar-refractivity contribution in [1.29, 1.82) is 0 Å². The average Bonchev–Trinajstić information content (AvgIpc) is 1.63. The summed E-state index contributed by atoms with van der Waals surface area (Å²) in [5.41, 5.74) is 14.0. The number of rotatable bonds is 32. The van der Waals surface area contributed by atoms with E-state index in [9.17, 15) is 48.3 Å². The van der Waals surface area contributed by atoms with Crippen LogP contribution in [-0.2, 0) is 52.5 Å². The minimum absolute atomic E-state index is 0. The van der Waals surface area contributed by atoms with Crippen LogP contribution >= 0.6 is 37.2 Å². The molecule has 3 aliphatic carbocycles. The van der Waals surface area contributed by atoms with Crippen LogP contribution in [-0.4, -0.2) is 222 Å². The largest absolute Gasteiger partial charge is 0.481 e. The number of fused-ring (bicyclic) bond motifs is 9. The number of amides is 3. The van der Waals surface area contributed by atoms with Crippen molar-refractivity contribution in [2.45, 2.75) is 192 Å². The van der Waals surface area contributed by atoms with Crippen LogP contribution in [0.3, 0.4) is 0 Å². The van der Waals surface area contributed by atoms with Crippen molar-refractivity contribution in [3.8, 4) is 33.4 Å². The first-order valence-electron chi connectivity index (χ1n) is 37.6. The van der Waals surface area contributed by atoms with E-state index in [2.05, 4.69) is 88.7 Å². The number of nitrogens with zero attached hydrogens (tertiary/aromatic N) is 3. The Balaban J connectivity index is -0.000000688. The van der Waals surface area contributed by atoms with Gasteiger partial charge in [0.05, 0.1) is 25.3 Å². The van der Waals surface area contributed by atoms with E-state index in [1.807, 2.05) is 114 Å². The van der Waals surface area contributed by atoms with Crippen molar-refractivity contribution in [2.24, 2.45) is 0 Å². The molecule has 662 valence electrons. The van der Waals surface area contributed by atoms with Crippen molar-refractivity contribution < 1.29 is 97.5 Å². The monoisotopic (exact) mass is 1710 g/mol. The SMILES string of the molecule is C.C.C.C.C.C.CCCN(CCCC(=O)O)C(=O)OCC1c2ccccc2-c2ccccc21.CCCNCC(=O)O.CCN(CCCC(=O)O)C(=O)OCC1c2ccccc2-c2ccccc21.CCNCCCC(=O)O.CCO[C@@H]1C[C@@H](C(=O)O)N(C(=O)OCC2c3ccccc3-c3ccccc32)C1.CCO[C@H]1CN[C@H](C(=O)O)C1.Cl.Cl.Cl. The van der Waals surface area contributed by atoms with Gasteiger partial charge >= 0.3 is 54.1 Å². The van der Waals surface area contributed by atoms with Gasteiger partial charge in [0.15, 0.2) is 0 Å². The zero-order valence-corrected chi connectivity index (χ0v) is 67.0. The lowest BCUT2D eigenvalue weighted by Crippen LogP contribution is -2.41. The Bertz CT molecular complexity index is 3800. The maximum atomic E-state index is 12.7. The van der Waals surface area contributed by atoms with Crippen LogP contribution in [0.1, 0.15) is 201 Å². The third-order valence-corrected chi connectivity index (χ3v) is 18.7.